The fourth-order valence-electron chi connectivity index (χ4n) is 2.95. The molecule has 0 fully saturated rings. The van der Waals surface area contributed by atoms with Gasteiger partial charge in [-0.05, 0) is 44.4 Å². The number of hydrogen-bond acceptors (Lipinski definition) is 4. The summed E-state index contributed by atoms with van der Waals surface area (Å²) in [6.07, 6.45) is 2.56. The summed E-state index contributed by atoms with van der Waals surface area (Å²) in [6.45, 7) is 7.36. The smallest absolute Gasteiger partial charge is 0.261 e. The van der Waals surface area contributed by atoms with E-state index in [1.54, 1.807) is 12.1 Å². The number of benzene rings is 1. The lowest BCUT2D eigenvalue weighted by atomic mass is 9.88. The zero-order valence-electron chi connectivity index (χ0n) is 12.6. The first-order chi connectivity index (χ1) is 10.5. The van der Waals surface area contributed by atoms with Gasteiger partial charge in [-0.15, -0.1) is 6.58 Å². The second-order valence-corrected chi connectivity index (χ2v) is 5.60. The van der Waals surface area contributed by atoms with E-state index in [4.69, 9.17) is 4.52 Å². The molecule has 22 heavy (non-hydrogen) atoms. The summed E-state index contributed by atoms with van der Waals surface area (Å²) in [6, 6.07) is 5.54. The highest BCUT2D eigenvalue weighted by Crippen LogP contribution is 2.42. The molecule has 114 valence electrons. The second kappa shape index (κ2) is 5.10. The van der Waals surface area contributed by atoms with Gasteiger partial charge in [-0.2, -0.15) is 0 Å². The van der Waals surface area contributed by atoms with E-state index in [0.717, 1.165) is 16.8 Å². The first-order valence-corrected chi connectivity index (χ1v) is 7.20. The molecule has 2 heterocycles. The lowest BCUT2D eigenvalue weighted by Gasteiger charge is -2.20. The van der Waals surface area contributed by atoms with E-state index in [9.17, 15) is 9.90 Å². The van der Waals surface area contributed by atoms with Crippen LogP contribution in [0.25, 0.3) is 11.1 Å². The predicted molar refractivity (Wildman–Crippen MR) is 83.4 cm³/mol. The number of rotatable bonds is 4. The van der Waals surface area contributed by atoms with E-state index in [1.807, 2.05) is 26.0 Å². The molecule has 1 unspecified atom stereocenters. The Labute approximate surface area is 128 Å². The van der Waals surface area contributed by atoms with Gasteiger partial charge in [0.05, 0.1) is 5.69 Å². The molecule has 0 bridgehead atoms. The Morgan fingerprint density at radius 1 is 1.45 bits per heavy atom. The molecule has 0 spiro atoms. The number of nitrogens with zero attached hydrogens (tertiary/aromatic N) is 1. The summed E-state index contributed by atoms with van der Waals surface area (Å²) in [5.74, 6) is 0.324. The van der Waals surface area contributed by atoms with Crippen molar-refractivity contribution in [2.75, 3.05) is 5.32 Å². The van der Waals surface area contributed by atoms with Crippen molar-refractivity contribution in [2.24, 2.45) is 0 Å². The van der Waals surface area contributed by atoms with Crippen LogP contribution in [0.15, 0.2) is 35.4 Å². The van der Waals surface area contributed by atoms with Gasteiger partial charge in [0.1, 0.15) is 5.76 Å². The molecule has 2 N–H and O–H groups in total. The third-order valence-electron chi connectivity index (χ3n) is 4.12. The minimum absolute atomic E-state index is 0.306. The second-order valence-electron chi connectivity index (χ2n) is 5.60. The molecule has 0 saturated heterocycles. The first kappa shape index (κ1) is 14.5. The van der Waals surface area contributed by atoms with E-state index in [1.165, 1.54) is 0 Å². The Bertz CT molecular complexity index is 744. The van der Waals surface area contributed by atoms with Crippen molar-refractivity contribution in [1.29, 1.82) is 0 Å². The van der Waals surface area contributed by atoms with Crippen LogP contribution in [0.3, 0.4) is 0 Å². The summed E-state index contributed by atoms with van der Waals surface area (Å²) in [5, 5.41) is 17.5. The monoisotopic (exact) mass is 298 g/mol. The van der Waals surface area contributed by atoms with Crippen molar-refractivity contribution in [3.63, 3.8) is 0 Å². The fraction of sp³-hybridized carbons (Fsp3) is 0.294. The Balaban J connectivity index is 2.11. The van der Waals surface area contributed by atoms with E-state index in [0.29, 0.717) is 29.9 Å². The number of allylic oxidation sites excluding steroid dienone is 1. The maximum absolute atomic E-state index is 12.2. The molecule has 5 nitrogen and oxygen atoms in total. The molecular formula is C17H18N2O3. The summed E-state index contributed by atoms with van der Waals surface area (Å²) < 4.78 is 5.20. The normalized spacial score (nSPS) is 19.9. The van der Waals surface area contributed by atoms with Crippen LogP contribution in [0.5, 0.6) is 0 Å². The van der Waals surface area contributed by atoms with Gasteiger partial charge in [-0.25, -0.2) is 0 Å². The molecule has 0 saturated carbocycles. The first-order valence-electron chi connectivity index (χ1n) is 7.20. The average molecular weight is 298 g/mol. The molecule has 2 aromatic rings. The van der Waals surface area contributed by atoms with Crippen LogP contribution in [0.2, 0.25) is 0 Å². The van der Waals surface area contributed by atoms with Crippen molar-refractivity contribution < 1.29 is 14.4 Å². The molecule has 1 aromatic heterocycles. The standard InChI is InChI=1S/C17H18N2O3/c1-4-5-8-17(21)13-9-12(6-7-14(13)18-16(17)20)15-10(2)19-22-11(15)3/h4,6-7,9,21H,1,5,8H2,2-3H3,(H,18,20). The lowest BCUT2D eigenvalue weighted by molar-refractivity contribution is -0.134. The zero-order chi connectivity index (χ0) is 15.9. The van der Waals surface area contributed by atoms with Crippen LogP contribution >= 0.6 is 0 Å². The van der Waals surface area contributed by atoms with Crippen molar-refractivity contribution >= 4 is 11.6 Å². The van der Waals surface area contributed by atoms with E-state index in [-0.39, 0.29) is 5.91 Å². The van der Waals surface area contributed by atoms with Crippen molar-refractivity contribution in [1.82, 2.24) is 5.16 Å². The number of nitrogens with one attached hydrogen (secondary N) is 1. The van der Waals surface area contributed by atoms with Crippen molar-refractivity contribution in [2.45, 2.75) is 32.3 Å². The molecule has 1 amide bonds. The number of aliphatic hydroxyl groups is 1. The Hall–Kier alpha value is -2.40. The van der Waals surface area contributed by atoms with Gasteiger partial charge >= 0.3 is 0 Å². The SMILES string of the molecule is C=CCCC1(O)C(=O)Nc2ccc(-c3c(C)noc3C)cc21. The highest BCUT2D eigenvalue weighted by atomic mass is 16.5. The van der Waals surface area contributed by atoms with Gasteiger partial charge < -0.3 is 14.9 Å². The summed E-state index contributed by atoms with van der Waals surface area (Å²) in [7, 11) is 0. The summed E-state index contributed by atoms with van der Waals surface area (Å²) in [5.41, 5.74) is 2.28. The Morgan fingerprint density at radius 2 is 2.23 bits per heavy atom. The van der Waals surface area contributed by atoms with Crippen molar-refractivity contribution in [3.8, 4) is 11.1 Å². The number of carbonyl (C=O) groups excluding carboxylic acids is 1. The minimum atomic E-state index is -1.52. The van der Waals surface area contributed by atoms with Gasteiger partial charge in [-0.1, -0.05) is 17.3 Å². The molecule has 5 heteroatoms. The zero-order valence-corrected chi connectivity index (χ0v) is 12.6. The summed E-state index contributed by atoms with van der Waals surface area (Å²) >= 11 is 0. The summed E-state index contributed by atoms with van der Waals surface area (Å²) in [4.78, 5) is 12.2. The number of anilines is 1. The quantitative estimate of drug-likeness (QED) is 0.851. The van der Waals surface area contributed by atoms with E-state index in [2.05, 4.69) is 17.1 Å². The fourth-order valence-corrected chi connectivity index (χ4v) is 2.95. The number of aromatic nitrogens is 1. The minimum Gasteiger partial charge on any atom is -0.375 e. The largest absolute Gasteiger partial charge is 0.375 e. The Morgan fingerprint density at radius 3 is 2.86 bits per heavy atom. The molecule has 0 aliphatic carbocycles. The third kappa shape index (κ3) is 2.05. The molecular weight excluding hydrogens is 280 g/mol. The van der Waals surface area contributed by atoms with Gasteiger partial charge in [-0.3, -0.25) is 4.79 Å². The molecule has 0 radical (unpaired) electrons. The molecule has 1 aromatic carbocycles. The number of carbonyl (C=O) groups is 1. The number of aryl methyl sites for hydroxylation is 2. The van der Waals surface area contributed by atoms with E-state index >= 15 is 0 Å². The van der Waals surface area contributed by atoms with Gasteiger partial charge in [0.15, 0.2) is 5.60 Å². The van der Waals surface area contributed by atoms with Crippen LogP contribution in [0.4, 0.5) is 5.69 Å². The third-order valence-corrected chi connectivity index (χ3v) is 4.12. The number of amides is 1. The molecule has 1 atom stereocenters. The topological polar surface area (TPSA) is 75.4 Å². The van der Waals surface area contributed by atoms with Crippen LogP contribution in [-0.4, -0.2) is 16.2 Å². The van der Waals surface area contributed by atoms with Gasteiger partial charge in [0, 0.05) is 16.8 Å². The van der Waals surface area contributed by atoms with Crippen LogP contribution in [0.1, 0.15) is 29.9 Å². The van der Waals surface area contributed by atoms with Crippen LogP contribution in [-0.2, 0) is 10.4 Å². The predicted octanol–water partition coefficient (Wildman–Crippen LogP) is 3.06. The van der Waals surface area contributed by atoms with Crippen LogP contribution < -0.4 is 5.32 Å². The maximum atomic E-state index is 12.2. The molecule has 1 aliphatic rings. The highest BCUT2D eigenvalue weighted by molar-refractivity contribution is 6.05. The maximum Gasteiger partial charge on any atom is 0.261 e. The van der Waals surface area contributed by atoms with Gasteiger partial charge in [0.2, 0.25) is 0 Å². The van der Waals surface area contributed by atoms with E-state index < -0.39 is 5.60 Å². The molecule has 3 rings (SSSR count). The number of fused-ring (bicyclic) bond motifs is 1. The number of hydrogen-bond donors (Lipinski definition) is 2. The van der Waals surface area contributed by atoms with Crippen LogP contribution in [0, 0.1) is 13.8 Å². The Kier molecular flexibility index (Phi) is 3.37. The lowest BCUT2D eigenvalue weighted by Crippen LogP contribution is -2.33. The van der Waals surface area contributed by atoms with Gasteiger partial charge in [0.25, 0.3) is 5.91 Å². The highest BCUT2D eigenvalue weighted by Gasteiger charge is 2.44. The van der Waals surface area contributed by atoms with Crippen molar-refractivity contribution in [3.05, 3.63) is 47.9 Å². The average Bonchev–Trinajstić information content (AvgIpc) is 2.95. The molecule has 1 aliphatic heterocycles.